The number of carbonyl (C=O) groups excluding carboxylic acids is 1. The fourth-order valence-corrected chi connectivity index (χ4v) is 4.59. The monoisotopic (exact) mass is 509 g/mol. The van der Waals surface area contributed by atoms with Crippen molar-refractivity contribution < 1.29 is 26.4 Å². The fraction of sp³-hybridized carbons (Fsp3) is 0.130. The maximum absolute atomic E-state index is 13.3. The van der Waals surface area contributed by atoms with Crippen molar-refractivity contribution in [2.75, 3.05) is 10.8 Å². The lowest BCUT2D eigenvalue weighted by molar-refractivity contribution is -0.137. The molecule has 0 saturated heterocycles. The molecule has 3 aromatic rings. The number of carbonyl (C=O) groups is 1. The van der Waals surface area contributed by atoms with Crippen LogP contribution in [0.1, 0.15) is 16.7 Å². The van der Waals surface area contributed by atoms with Crippen LogP contribution >= 0.6 is 11.6 Å². The van der Waals surface area contributed by atoms with Gasteiger partial charge < -0.3 is 0 Å². The summed E-state index contributed by atoms with van der Waals surface area (Å²) in [6.07, 6.45) is -3.75. The number of benzene rings is 3. The minimum absolute atomic E-state index is 0.0536. The number of hydrogen-bond donors (Lipinski definition) is 1. The molecule has 0 saturated carbocycles. The first-order valence-corrected chi connectivity index (χ1v) is 11.6. The molecule has 0 radical (unpaired) electrons. The van der Waals surface area contributed by atoms with Gasteiger partial charge in [-0.05, 0) is 42.8 Å². The Morgan fingerprint density at radius 1 is 1.06 bits per heavy atom. The molecule has 0 heterocycles. The summed E-state index contributed by atoms with van der Waals surface area (Å²) < 4.78 is 66.7. The number of halogens is 4. The van der Waals surface area contributed by atoms with Gasteiger partial charge in [0.05, 0.1) is 22.4 Å². The molecule has 0 aliphatic carbocycles. The van der Waals surface area contributed by atoms with E-state index in [0.717, 1.165) is 16.6 Å². The number of alkyl halides is 3. The van der Waals surface area contributed by atoms with Crippen molar-refractivity contribution >= 4 is 39.4 Å². The molecule has 0 bridgehead atoms. The molecule has 178 valence electrons. The minimum Gasteiger partial charge on any atom is -0.271 e. The van der Waals surface area contributed by atoms with Gasteiger partial charge in [0.15, 0.2) is 0 Å². The predicted octanol–water partition coefficient (Wildman–Crippen LogP) is 5.01. The smallest absolute Gasteiger partial charge is 0.271 e. The zero-order valence-electron chi connectivity index (χ0n) is 17.8. The SMILES string of the molecule is Cc1ccc(N(CC(=O)N/N=C\c2ccccc2C(F)(F)F)S(=O)(=O)c2ccccc2)cc1Cl. The van der Waals surface area contributed by atoms with E-state index < -0.39 is 34.2 Å². The van der Waals surface area contributed by atoms with E-state index in [1.165, 1.54) is 54.6 Å². The lowest BCUT2D eigenvalue weighted by atomic mass is 10.1. The topological polar surface area (TPSA) is 78.8 Å². The van der Waals surface area contributed by atoms with Crippen molar-refractivity contribution in [3.05, 3.63) is 94.5 Å². The summed E-state index contributed by atoms with van der Waals surface area (Å²) in [6.45, 7) is 1.05. The van der Waals surface area contributed by atoms with Crippen LogP contribution in [0.4, 0.5) is 18.9 Å². The van der Waals surface area contributed by atoms with Gasteiger partial charge in [-0.25, -0.2) is 13.8 Å². The van der Waals surface area contributed by atoms with Crippen LogP contribution in [-0.2, 0) is 21.0 Å². The number of rotatable bonds is 7. The van der Waals surface area contributed by atoms with E-state index in [9.17, 15) is 26.4 Å². The standard InChI is InChI=1S/C23H19ClF3N3O3S/c1-16-11-12-18(13-21(16)24)30(34(32,33)19-8-3-2-4-9-19)15-22(31)29-28-14-17-7-5-6-10-20(17)23(25,26)27/h2-14H,15H2,1H3,(H,29,31)/b28-14-. The Bertz CT molecular complexity index is 1310. The van der Waals surface area contributed by atoms with Crippen LogP contribution in [0.25, 0.3) is 0 Å². The molecule has 1 amide bonds. The van der Waals surface area contributed by atoms with Crippen LogP contribution in [-0.4, -0.2) is 27.1 Å². The Morgan fingerprint density at radius 3 is 2.35 bits per heavy atom. The second-order valence-electron chi connectivity index (χ2n) is 7.14. The normalized spacial score (nSPS) is 12.0. The molecule has 0 fully saturated rings. The van der Waals surface area contributed by atoms with E-state index in [-0.39, 0.29) is 16.1 Å². The molecular weight excluding hydrogens is 491 g/mol. The highest BCUT2D eigenvalue weighted by Gasteiger charge is 2.32. The molecule has 0 aromatic heterocycles. The average molecular weight is 510 g/mol. The van der Waals surface area contributed by atoms with E-state index in [1.807, 2.05) is 0 Å². The van der Waals surface area contributed by atoms with Crippen molar-refractivity contribution in [1.29, 1.82) is 0 Å². The third-order valence-corrected chi connectivity index (χ3v) is 6.92. The summed E-state index contributed by atoms with van der Waals surface area (Å²) in [7, 11) is -4.17. The molecule has 0 aliphatic heterocycles. The number of hydrazone groups is 1. The largest absolute Gasteiger partial charge is 0.417 e. The highest BCUT2D eigenvalue weighted by Crippen LogP contribution is 2.31. The minimum atomic E-state index is -4.60. The van der Waals surface area contributed by atoms with Gasteiger partial charge in [0.2, 0.25) is 0 Å². The Labute approximate surface area is 199 Å². The first-order chi connectivity index (χ1) is 16.0. The van der Waals surface area contributed by atoms with Crippen LogP contribution < -0.4 is 9.73 Å². The van der Waals surface area contributed by atoms with Gasteiger partial charge in [-0.1, -0.05) is 54.1 Å². The predicted molar refractivity (Wildman–Crippen MR) is 124 cm³/mol. The Hall–Kier alpha value is -3.37. The Kier molecular flexibility index (Phi) is 7.63. The van der Waals surface area contributed by atoms with E-state index >= 15 is 0 Å². The van der Waals surface area contributed by atoms with Crippen molar-refractivity contribution in [3.63, 3.8) is 0 Å². The lowest BCUT2D eigenvalue weighted by Gasteiger charge is -2.24. The third kappa shape index (κ3) is 5.95. The molecular formula is C23H19ClF3N3O3S. The molecule has 3 rings (SSSR count). The molecule has 0 spiro atoms. The van der Waals surface area contributed by atoms with Gasteiger partial charge in [-0.15, -0.1) is 0 Å². The average Bonchev–Trinajstić information content (AvgIpc) is 2.79. The summed E-state index contributed by atoms with van der Waals surface area (Å²) in [5.74, 6) is -0.864. The third-order valence-electron chi connectivity index (χ3n) is 4.72. The summed E-state index contributed by atoms with van der Waals surface area (Å²) in [4.78, 5) is 12.5. The molecule has 11 heteroatoms. The number of amides is 1. The van der Waals surface area contributed by atoms with E-state index in [4.69, 9.17) is 11.6 Å². The maximum atomic E-state index is 13.3. The fourth-order valence-electron chi connectivity index (χ4n) is 2.98. The van der Waals surface area contributed by atoms with E-state index in [1.54, 1.807) is 19.1 Å². The Balaban J connectivity index is 1.87. The van der Waals surface area contributed by atoms with Gasteiger partial charge >= 0.3 is 6.18 Å². The second kappa shape index (κ2) is 10.3. The quantitative estimate of drug-likeness (QED) is 0.359. The van der Waals surface area contributed by atoms with Gasteiger partial charge in [0.1, 0.15) is 6.54 Å². The molecule has 34 heavy (non-hydrogen) atoms. The number of nitrogens with one attached hydrogen (secondary N) is 1. The Morgan fingerprint density at radius 2 is 1.71 bits per heavy atom. The second-order valence-corrected chi connectivity index (χ2v) is 9.41. The number of aryl methyl sites for hydroxylation is 1. The number of anilines is 1. The van der Waals surface area contributed by atoms with Crippen LogP contribution in [0.2, 0.25) is 5.02 Å². The van der Waals surface area contributed by atoms with Gasteiger partial charge in [0, 0.05) is 10.6 Å². The lowest BCUT2D eigenvalue weighted by Crippen LogP contribution is -2.39. The molecule has 6 nitrogen and oxygen atoms in total. The number of sulfonamides is 1. The van der Waals surface area contributed by atoms with Crippen molar-refractivity contribution in [2.45, 2.75) is 18.0 Å². The summed E-state index contributed by atoms with van der Waals surface area (Å²) in [6, 6.07) is 16.7. The van der Waals surface area contributed by atoms with E-state index in [0.29, 0.717) is 10.6 Å². The number of hydrogen-bond acceptors (Lipinski definition) is 4. The molecule has 3 aromatic carbocycles. The van der Waals surface area contributed by atoms with Crippen LogP contribution in [0.3, 0.4) is 0 Å². The molecule has 0 unspecified atom stereocenters. The molecule has 0 aliphatic rings. The van der Waals surface area contributed by atoms with Crippen molar-refractivity contribution in [1.82, 2.24) is 5.43 Å². The highest BCUT2D eigenvalue weighted by atomic mass is 35.5. The first-order valence-electron chi connectivity index (χ1n) is 9.82. The van der Waals surface area contributed by atoms with Gasteiger partial charge in [-0.2, -0.15) is 18.3 Å². The van der Waals surface area contributed by atoms with Crippen LogP contribution in [0, 0.1) is 6.92 Å². The molecule has 0 atom stereocenters. The number of nitrogens with zero attached hydrogens (tertiary/aromatic N) is 2. The summed E-state index contributed by atoms with van der Waals surface area (Å²) in [5, 5.41) is 3.88. The zero-order chi connectivity index (χ0) is 24.9. The first kappa shape index (κ1) is 25.3. The maximum Gasteiger partial charge on any atom is 0.417 e. The van der Waals surface area contributed by atoms with E-state index in [2.05, 4.69) is 10.5 Å². The van der Waals surface area contributed by atoms with Gasteiger partial charge in [0.25, 0.3) is 15.9 Å². The van der Waals surface area contributed by atoms with Crippen LogP contribution in [0.15, 0.2) is 82.8 Å². The zero-order valence-corrected chi connectivity index (χ0v) is 19.3. The van der Waals surface area contributed by atoms with Crippen LogP contribution in [0.5, 0.6) is 0 Å². The molecule has 1 N–H and O–H groups in total. The van der Waals surface area contributed by atoms with Gasteiger partial charge in [-0.3, -0.25) is 9.10 Å². The highest BCUT2D eigenvalue weighted by molar-refractivity contribution is 7.92. The summed E-state index contributed by atoms with van der Waals surface area (Å²) in [5.41, 5.74) is 1.76. The van der Waals surface area contributed by atoms with Crippen molar-refractivity contribution in [3.8, 4) is 0 Å². The summed E-state index contributed by atoms with van der Waals surface area (Å²) >= 11 is 6.16. The van der Waals surface area contributed by atoms with Crippen molar-refractivity contribution in [2.24, 2.45) is 5.10 Å².